The summed E-state index contributed by atoms with van der Waals surface area (Å²) in [6, 6.07) is 0. The van der Waals surface area contributed by atoms with Gasteiger partial charge in [-0.1, -0.05) is 11.6 Å². The molecule has 0 saturated heterocycles. The van der Waals surface area contributed by atoms with Gasteiger partial charge in [-0.15, -0.1) is 0 Å². The standard InChI is InChI=1S/C12H20ClN3O/c1-3-16-10(11(13)9(2)15-16)7-14-8-12(17)5-4-6-12/h14,17H,3-8H2,1-2H3. The van der Waals surface area contributed by atoms with Gasteiger partial charge in [-0.05, 0) is 33.1 Å². The number of nitrogens with one attached hydrogen (secondary N) is 1. The number of rotatable bonds is 5. The topological polar surface area (TPSA) is 50.1 Å². The van der Waals surface area contributed by atoms with Crippen LogP contribution >= 0.6 is 11.6 Å². The first-order chi connectivity index (χ1) is 8.06. The minimum atomic E-state index is -0.488. The van der Waals surface area contributed by atoms with E-state index in [1.165, 1.54) is 0 Å². The van der Waals surface area contributed by atoms with Crippen molar-refractivity contribution in [3.8, 4) is 0 Å². The molecule has 0 aliphatic heterocycles. The van der Waals surface area contributed by atoms with Gasteiger partial charge in [0.1, 0.15) is 0 Å². The maximum atomic E-state index is 9.97. The molecule has 2 rings (SSSR count). The number of aliphatic hydroxyl groups is 1. The highest BCUT2D eigenvalue weighted by atomic mass is 35.5. The molecule has 0 aromatic carbocycles. The Morgan fingerprint density at radius 3 is 2.76 bits per heavy atom. The van der Waals surface area contributed by atoms with E-state index in [1.54, 1.807) is 0 Å². The Labute approximate surface area is 107 Å². The number of nitrogens with zero attached hydrogens (tertiary/aromatic N) is 2. The lowest BCUT2D eigenvalue weighted by Crippen LogP contribution is -2.46. The van der Waals surface area contributed by atoms with E-state index in [0.717, 1.165) is 42.2 Å². The van der Waals surface area contributed by atoms with Gasteiger partial charge in [-0.25, -0.2) is 0 Å². The van der Waals surface area contributed by atoms with E-state index in [0.29, 0.717) is 13.1 Å². The molecule has 0 spiro atoms. The van der Waals surface area contributed by atoms with Crippen LogP contribution < -0.4 is 5.32 Å². The average molecular weight is 258 g/mol. The van der Waals surface area contributed by atoms with Crippen LogP contribution in [0.3, 0.4) is 0 Å². The predicted molar refractivity (Wildman–Crippen MR) is 68.2 cm³/mol. The lowest BCUT2D eigenvalue weighted by molar-refractivity contribution is -0.0315. The zero-order valence-corrected chi connectivity index (χ0v) is 11.2. The second kappa shape index (κ2) is 4.96. The van der Waals surface area contributed by atoms with Crippen LogP contribution in [-0.4, -0.2) is 27.0 Å². The van der Waals surface area contributed by atoms with Crippen LogP contribution in [-0.2, 0) is 13.1 Å². The molecule has 0 radical (unpaired) electrons. The quantitative estimate of drug-likeness (QED) is 0.847. The minimum absolute atomic E-state index is 0.488. The van der Waals surface area contributed by atoms with Crippen LogP contribution in [0, 0.1) is 6.92 Å². The molecular formula is C12H20ClN3O. The number of hydrogen-bond donors (Lipinski definition) is 2. The van der Waals surface area contributed by atoms with Gasteiger partial charge < -0.3 is 10.4 Å². The van der Waals surface area contributed by atoms with Crippen molar-refractivity contribution in [2.75, 3.05) is 6.54 Å². The summed E-state index contributed by atoms with van der Waals surface area (Å²) in [4.78, 5) is 0. The molecule has 0 bridgehead atoms. The summed E-state index contributed by atoms with van der Waals surface area (Å²) in [5.41, 5.74) is 1.39. The van der Waals surface area contributed by atoms with Gasteiger partial charge in [-0.2, -0.15) is 5.10 Å². The van der Waals surface area contributed by atoms with Crippen molar-refractivity contribution < 1.29 is 5.11 Å². The van der Waals surface area contributed by atoms with Crippen molar-refractivity contribution in [1.29, 1.82) is 0 Å². The monoisotopic (exact) mass is 257 g/mol. The molecule has 0 atom stereocenters. The third-order valence-corrected chi connectivity index (χ3v) is 3.98. The number of hydrogen-bond acceptors (Lipinski definition) is 3. The zero-order valence-electron chi connectivity index (χ0n) is 10.5. The van der Waals surface area contributed by atoms with E-state index in [9.17, 15) is 5.11 Å². The molecule has 1 saturated carbocycles. The maximum Gasteiger partial charge on any atom is 0.0860 e. The summed E-state index contributed by atoms with van der Waals surface area (Å²) in [5, 5.41) is 18.3. The molecule has 0 amide bonds. The van der Waals surface area contributed by atoms with Crippen LogP contribution in [0.2, 0.25) is 5.02 Å². The highest BCUT2D eigenvalue weighted by Crippen LogP contribution is 2.30. The lowest BCUT2D eigenvalue weighted by atomic mass is 9.80. The Bertz CT molecular complexity index is 399. The first-order valence-corrected chi connectivity index (χ1v) is 6.58. The summed E-state index contributed by atoms with van der Waals surface area (Å²) in [7, 11) is 0. The summed E-state index contributed by atoms with van der Waals surface area (Å²) >= 11 is 6.20. The number of halogens is 1. The lowest BCUT2D eigenvalue weighted by Gasteiger charge is -2.36. The van der Waals surface area contributed by atoms with Gasteiger partial charge in [0.25, 0.3) is 0 Å². The largest absolute Gasteiger partial charge is 0.389 e. The molecule has 1 heterocycles. The Morgan fingerprint density at radius 1 is 1.53 bits per heavy atom. The van der Waals surface area contributed by atoms with Crippen LogP contribution in [0.5, 0.6) is 0 Å². The Kier molecular flexibility index (Phi) is 3.76. The minimum Gasteiger partial charge on any atom is -0.389 e. The predicted octanol–water partition coefficient (Wildman–Crippen LogP) is 1.87. The Hall–Kier alpha value is -0.580. The van der Waals surface area contributed by atoms with E-state index < -0.39 is 5.60 Å². The zero-order chi connectivity index (χ0) is 12.5. The SMILES string of the molecule is CCn1nc(C)c(Cl)c1CNCC1(O)CCC1. The summed E-state index contributed by atoms with van der Waals surface area (Å²) in [6.07, 6.45) is 2.94. The molecule has 2 N–H and O–H groups in total. The smallest absolute Gasteiger partial charge is 0.0860 e. The van der Waals surface area contributed by atoms with E-state index in [-0.39, 0.29) is 0 Å². The summed E-state index contributed by atoms with van der Waals surface area (Å²) in [6.45, 7) is 6.07. The van der Waals surface area contributed by atoms with Crippen LogP contribution in [0.25, 0.3) is 0 Å². The van der Waals surface area contributed by atoms with Gasteiger partial charge >= 0.3 is 0 Å². The van der Waals surface area contributed by atoms with E-state index >= 15 is 0 Å². The maximum absolute atomic E-state index is 9.97. The fraction of sp³-hybridized carbons (Fsp3) is 0.750. The second-order valence-corrected chi connectivity index (χ2v) is 5.22. The molecule has 4 nitrogen and oxygen atoms in total. The number of aryl methyl sites for hydroxylation is 2. The molecule has 1 aromatic rings. The van der Waals surface area contributed by atoms with Gasteiger partial charge in [0.2, 0.25) is 0 Å². The van der Waals surface area contributed by atoms with Gasteiger partial charge in [-0.3, -0.25) is 4.68 Å². The first kappa shape index (κ1) is 12.9. The normalized spacial score (nSPS) is 18.1. The molecule has 5 heteroatoms. The van der Waals surface area contributed by atoms with Crippen molar-refractivity contribution in [2.45, 2.75) is 51.8 Å². The molecule has 1 fully saturated rings. The van der Waals surface area contributed by atoms with Gasteiger partial charge in [0.05, 0.1) is 22.0 Å². The van der Waals surface area contributed by atoms with Crippen LogP contribution in [0.4, 0.5) is 0 Å². The van der Waals surface area contributed by atoms with Crippen molar-refractivity contribution in [1.82, 2.24) is 15.1 Å². The Balaban J connectivity index is 1.94. The third kappa shape index (κ3) is 2.64. The average Bonchev–Trinajstić information content (AvgIpc) is 2.54. The van der Waals surface area contributed by atoms with E-state index in [4.69, 9.17) is 11.6 Å². The fourth-order valence-corrected chi connectivity index (χ4v) is 2.42. The molecule has 1 aliphatic rings. The van der Waals surface area contributed by atoms with E-state index in [1.807, 2.05) is 18.5 Å². The van der Waals surface area contributed by atoms with Crippen molar-refractivity contribution in [2.24, 2.45) is 0 Å². The molecule has 0 unspecified atom stereocenters. The number of aromatic nitrogens is 2. The Morgan fingerprint density at radius 2 is 2.24 bits per heavy atom. The fourth-order valence-electron chi connectivity index (χ4n) is 2.21. The first-order valence-electron chi connectivity index (χ1n) is 6.20. The molecular weight excluding hydrogens is 238 g/mol. The van der Waals surface area contributed by atoms with Crippen molar-refractivity contribution >= 4 is 11.6 Å². The molecule has 17 heavy (non-hydrogen) atoms. The molecule has 1 aliphatic carbocycles. The van der Waals surface area contributed by atoms with Gasteiger partial charge in [0, 0.05) is 19.6 Å². The molecule has 96 valence electrons. The molecule has 1 aromatic heterocycles. The van der Waals surface area contributed by atoms with Crippen molar-refractivity contribution in [3.05, 3.63) is 16.4 Å². The van der Waals surface area contributed by atoms with Crippen LogP contribution in [0.1, 0.15) is 37.6 Å². The summed E-state index contributed by atoms with van der Waals surface area (Å²) < 4.78 is 1.91. The van der Waals surface area contributed by atoms with E-state index in [2.05, 4.69) is 10.4 Å². The highest BCUT2D eigenvalue weighted by Gasteiger charge is 2.33. The van der Waals surface area contributed by atoms with Gasteiger partial charge in [0.15, 0.2) is 0 Å². The second-order valence-electron chi connectivity index (χ2n) is 4.84. The highest BCUT2D eigenvalue weighted by molar-refractivity contribution is 6.31. The third-order valence-electron chi connectivity index (χ3n) is 3.48. The van der Waals surface area contributed by atoms with Crippen molar-refractivity contribution in [3.63, 3.8) is 0 Å². The van der Waals surface area contributed by atoms with Crippen LogP contribution in [0.15, 0.2) is 0 Å². The summed E-state index contributed by atoms with van der Waals surface area (Å²) in [5.74, 6) is 0.